The molecule has 1 aromatic heterocycles. The standard InChI is InChI=1S/C20H25N3O4/c1-6-14-17(12(2)13-9-7-8-10-15(13)21-14)18(25)27-11-16(24)22-19(26)23-20(3,4)5/h7-10H,6,11H2,1-5H3,(H2,22,23,24,26). The molecule has 1 heterocycles. The van der Waals surface area contributed by atoms with E-state index in [1.807, 2.05) is 38.1 Å². The number of carbonyl (C=O) groups is 3. The van der Waals surface area contributed by atoms with E-state index in [2.05, 4.69) is 15.6 Å². The topological polar surface area (TPSA) is 97.4 Å². The molecule has 2 rings (SSSR count). The van der Waals surface area contributed by atoms with E-state index < -0.39 is 30.1 Å². The molecule has 0 bridgehead atoms. The number of aryl methyl sites for hydroxylation is 2. The molecule has 2 aromatic rings. The summed E-state index contributed by atoms with van der Waals surface area (Å²) < 4.78 is 5.12. The smallest absolute Gasteiger partial charge is 0.340 e. The van der Waals surface area contributed by atoms with Gasteiger partial charge in [-0.3, -0.25) is 15.1 Å². The number of nitrogens with one attached hydrogen (secondary N) is 2. The van der Waals surface area contributed by atoms with Crippen molar-refractivity contribution in [2.45, 2.75) is 46.6 Å². The summed E-state index contributed by atoms with van der Waals surface area (Å²) in [4.78, 5) is 40.6. The summed E-state index contributed by atoms with van der Waals surface area (Å²) in [5.74, 6) is -1.33. The molecule has 0 unspecified atom stereocenters. The molecule has 0 aliphatic carbocycles. The molecular weight excluding hydrogens is 346 g/mol. The predicted octanol–water partition coefficient (Wildman–Crippen LogP) is 2.89. The van der Waals surface area contributed by atoms with E-state index in [9.17, 15) is 14.4 Å². The Balaban J connectivity index is 2.11. The normalized spacial score (nSPS) is 11.1. The van der Waals surface area contributed by atoms with Gasteiger partial charge in [0.1, 0.15) is 0 Å². The lowest BCUT2D eigenvalue weighted by molar-refractivity contribution is -0.123. The highest BCUT2D eigenvalue weighted by Crippen LogP contribution is 2.24. The second-order valence-corrected chi connectivity index (χ2v) is 7.26. The number of amides is 3. The molecule has 0 atom stereocenters. The summed E-state index contributed by atoms with van der Waals surface area (Å²) in [6, 6.07) is 6.90. The van der Waals surface area contributed by atoms with Gasteiger partial charge in [0.15, 0.2) is 6.61 Å². The van der Waals surface area contributed by atoms with E-state index in [-0.39, 0.29) is 0 Å². The fourth-order valence-corrected chi connectivity index (χ4v) is 2.71. The van der Waals surface area contributed by atoms with E-state index in [0.29, 0.717) is 17.7 Å². The number of para-hydroxylation sites is 1. The van der Waals surface area contributed by atoms with Crippen LogP contribution >= 0.6 is 0 Å². The van der Waals surface area contributed by atoms with Gasteiger partial charge in [0.2, 0.25) is 0 Å². The molecule has 144 valence electrons. The van der Waals surface area contributed by atoms with Gasteiger partial charge in [-0.15, -0.1) is 0 Å². The summed E-state index contributed by atoms with van der Waals surface area (Å²) in [5, 5.41) is 5.59. The van der Waals surface area contributed by atoms with Crippen LogP contribution in [0.5, 0.6) is 0 Å². The van der Waals surface area contributed by atoms with E-state index in [4.69, 9.17) is 4.74 Å². The zero-order valence-electron chi connectivity index (χ0n) is 16.3. The van der Waals surface area contributed by atoms with Crippen molar-refractivity contribution < 1.29 is 19.1 Å². The molecule has 2 N–H and O–H groups in total. The number of benzene rings is 1. The molecule has 7 heteroatoms. The van der Waals surface area contributed by atoms with Crippen molar-refractivity contribution in [2.75, 3.05) is 6.61 Å². The molecular formula is C20H25N3O4. The van der Waals surface area contributed by atoms with Crippen LogP contribution in [0.2, 0.25) is 0 Å². The summed E-state index contributed by atoms with van der Waals surface area (Å²) >= 11 is 0. The summed E-state index contributed by atoms with van der Waals surface area (Å²) in [5.41, 5.74) is 2.06. The molecule has 0 fully saturated rings. The van der Waals surface area contributed by atoms with E-state index in [0.717, 1.165) is 16.5 Å². The van der Waals surface area contributed by atoms with Crippen LogP contribution in [-0.2, 0) is 16.0 Å². The van der Waals surface area contributed by atoms with Crippen LogP contribution < -0.4 is 10.6 Å². The van der Waals surface area contributed by atoms with Gasteiger partial charge in [-0.25, -0.2) is 9.59 Å². The van der Waals surface area contributed by atoms with Gasteiger partial charge in [-0.1, -0.05) is 25.1 Å². The first-order chi connectivity index (χ1) is 12.6. The number of aromatic nitrogens is 1. The van der Waals surface area contributed by atoms with Crippen LogP contribution in [0.15, 0.2) is 24.3 Å². The van der Waals surface area contributed by atoms with Crippen LogP contribution in [0, 0.1) is 6.92 Å². The maximum absolute atomic E-state index is 12.6. The van der Waals surface area contributed by atoms with Gasteiger partial charge in [0, 0.05) is 10.9 Å². The molecule has 0 spiro atoms. The minimum Gasteiger partial charge on any atom is -0.452 e. The Morgan fingerprint density at radius 2 is 1.81 bits per heavy atom. The number of esters is 1. The number of carbonyl (C=O) groups excluding carboxylic acids is 3. The number of fused-ring (bicyclic) bond motifs is 1. The molecule has 27 heavy (non-hydrogen) atoms. The first kappa shape index (κ1) is 20.4. The Kier molecular flexibility index (Phi) is 6.15. The number of ether oxygens (including phenoxy) is 1. The van der Waals surface area contributed by atoms with Crippen molar-refractivity contribution in [2.24, 2.45) is 0 Å². The van der Waals surface area contributed by atoms with Crippen LogP contribution in [0.3, 0.4) is 0 Å². The van der Waals surface area contributed by atoms with Crippen molar-refractivity contribution >= 4 is 28.8 Å². The number of hydrogen-bond donors (Lipinski definition) is 2. The average molecular weight is 371 g/mol. The number of rotatable bonds is 4. The van der Waals surface area contributed by atoms with Crippen LogP contribution in [0.4, 0.5) is 4.79 Å². The average Bonchev–Trinajstić information content (AvgIpc) is 2.57. The molecule has 0 radical (unpaired) electrons. The maximum atomic E-state index is 12.6. The SMILES string of the molecule is CCc1nc2ccccc2c(C)c1C(=O)OCC(=O)NC(=O)NC(C)(C)C. The Morgan fingerprint density at radius 3 is 2.44 bits per heavy atom. The third-order valence-corrected chi connectivity index (χ3v) is 3.84. The lowest BCUT2D eigenvalue weighted by atomic mass is 10.0. The van der Waals surface area contributed by atoms with Gasteiger partial charge >= 0.3 is 12.0 Å². The lowest BCUT2D eigenvalue weighted by Crippen LogP contribution is -2.49. The van der Waals surface area contributed by atoms with Gasteiger partial charge in [0.25, 0.3) is 5.91 Å². The first-order valence-electron chi connectivity index (χ1n) is 8.79. The third-order valence-electron chi connectivity index (χ3n) is 3.84. The van der Waals surface area contributed by atoms with Crippen molar-refractivity contribution in [1.82, 2.24) is 15.6 Å². The monoisotopic (exact) mass is 371 g/mol. The number of imide groups is 1. The van der Waals surface area contributed by atoms with Gasteiger partial charge < -0.3 is 10.1 Å². The molecule has 3 amide bonds. The first-order valence-corrected chi connectivity index (χ1v) is 8.79. The van der Waals surface area contributed by atoms with E-state index >= 15 is 0 Å². The molecule has 1 aromatic carbocycles. The Labute approximate surface area is 158 Å². The van der Waals surface area contributed by atoms with E-state index in [1.54, 1.807) is 20.8 Å². The fourth-order valence-electron chi connectivity index (χ4n) is 2.71. The molecule has 0 aliphatic rings. The molecule has 0 saturated heterocycles. The highest BCUT2D eigenvalue weighted by Gasteiger charge is 2.21. The van der Waals surface area contributed by atoms with Crippen molar-refractivity contribution in [3.63, 3.8) is 0 Å². The van der Waals surface area contributed by atoms with Crippen molar-refractivity contribution in [3.8, 4) is 0 Å². The Morgan fingerprint density at radius 1 is 1.15 bits per heavy atom. The summed E-state index contributed by atoms with van der Waals surface area (Å²) in [6.07, 6.45) is 0.552. The van der Waals surface area contributed by atoms with Gasteiger partial charge in [-0.2, -0.15) is 0 Å². The zero-order chi connectivity index (χ0) is 20.2. The number of hydrogen-bond acceptors (Lipinski definition) is 5. The lowest BCUT2D eigenvalue weighted by Gasteiger charge is -2.20. The number of pyridine rings is 1. The zero-order valence-corrected chi connectivity index (χ0v) is 16.3. The summed E-state index contributed by atoms with van der Waals surface area (Å²) in [7, 11) is 0. The fraction of sp³-hybridized carbons (Fsp3) is 0.400. The highest BCUT2D eigenvalue weighted by molar-refractivity contribution is 6.00. The van der Waals surface area contributed by atoms with Crippen LogP contribution in [-0.4, -0.2) is 35.0 Å². The van der Waals surface area contributed by atoms with E-state index in [1.165, 1.54) is 0 Å². The second-order valence-electron chi connectivity index (χ2n) is 7.26. The maximum Gasteiger partial charge on any atom is 0.340 e. The molecule has 0 saturated carbocycles. The van der Waals surface area contributed by atoms with Crippen LogP contribution in [0.1, 0.15) is 49.3 Å². The third kappa shape index (κ3) is 5.26. The largest absolute Gasteiger partial charge is 0.452 e. The minimum atomic E-state index is -0.699. The predicted molar refractivity (Wildman–Crippen MR) is 103 cm³/mol. The highest BCUT2D eigenvalue weighted by atomic mass is 16.5. The Hall–Kier alpha value is -2.96. The number of urea groups is 1. The van der Waals surface area contributed by atoms with Crippen molar-refractivity contribution in [3.05, 3.63) is 41.1 Å². The van der Waals surface area contributed by atoms with Crippen molar-refractivity contribution in [1.29, 1.82) is 0 Å². The van der Waals surface area contributed by atoms with Crippen LogP contribution in [0.25, 0.3) is 10.9 Å². The Bertz CT molecular complexity index is 885. The quantitative estimate of drug-likeness (QED) is 0.806. The van der Waals surface area contributed by atoms with Gasteiger partial charge in [0.05, 0.1) is 16.8 Å². The minimum absolute atomic E-state index is 0.364. The molecule has 7 nitrogen and oxygen atoms in total. The summed E-state index contributed by atoms with van der Waals surface area (Å²) in [6.45, 7) is 8.55. The number of nitrogens with zero attached hydrogens (tertiary/aromatic N) is 1. The molecule has 0 aliphatic heterocycles. The van der Waals surface area contributed by atoms with Gasteiger partial charge in [-0.05, 0) is 45.7 Å². The second kappa shape index (κ2) is 8.16.